The van der Waals surface area contributed by atoms with Crippen molar-refractivity contribution in [3.63, 3.8) is 0 Å². The SMILES string of the molecule is C#CCOc1cc([C@@H]2CC(=O)Nc3c2c(C)nn3-c2ccc(=O)[nH]n2)ccc1OC. The molecule has 1 aliphatic heterocycles. The van der Waals surface area contributed by atoms with Crippen molar-refractivity contribution >= 4 is 11.7 Å². The van der Waals surface area contributed by atoms with E-state index in [4.69, 9.17) is 15.9 Å². The lowest BCUT2D eigenvalue weighted by Crippen LogP contribution is -2.25. The van der Waals surface area contributed by atoms with Gasteiger partial charge in [0.2, 0.25) is 5.91 Å². The molecule has 0 saturated carbocycles. The van der Waals surface area contributed by atoms with Crippen molar-refractivity contribution in [2.24, 2.45) is 0 Å². The van der Waals surface area contributed by atoms with Gasteiger partial charge in [-0.05, 0) is 30.7 Å². The van der Waals surface area contributed by atoms with Crippen LogP contribution >= 0.6 is 0 Å². The van der Waals surface area contributed by atoms with Crippen LogP contribution in [0.4, 0.5) is 5.82 Å². The molecular weight excluding hydrogens is 386 g/mol. The number of fused-ring (bicyclic) bond motifs is 1. The Bertz CT molecular complexity index is 1200. The minimum Gasteiger partial charge on any atom is -0.493 e. The van der Waals surface area contributed by atoms with Gasteiger partial charge < -0.3 is 14.8 Å². The third-order valence-corrected chi connectivity index (χ3v) is 4.89. The highest BCUT2D eigenvalue weighted by Gasteiger charge is 2.33. The van der Waals surface area contributed by atoms with E-state index in [-0.39, 0.29) is 30.4 Å². The number of aromatic amines is 1. The summed E-state index contributed by atoms with van der Waals surface area (Å²) in [5, 5.41) is 13.8. The number of aromatic nitrogens is 4. The highest BCUT2D eigenvalue weighted by Crippen LogP contribution is 2.42. The predicted molar refractivity (Wildman–Crippen MR) is 109 cm³/mol. The molecule has 0 bridgehead atoms. The molecule has 9 nitrogen and oxygen atoms in total. The van der Waals surface area contributed by atoms with Gasteiger partial charge >= 0.3 is 0 Å². The van der Waals surface area contributed by atoms with Gasteiger partial charge in [0.15, 0.2) is 17.3 Å². The Kier molecular flexibility index (Phi) is 4.98. The van der Waals surface area contributed by atoms with Gasteiger partial charge in [0.1, 0.15) is 12.4 Å². The first-order chi connectivity index (χ1) is 14.5. The van der Waals surface area contributed by atoms with Gasteiger partial charge in [0.25, 0.3) is 5.56 Å². The zero-order chi connectivity index (χ0) is 21.3. The summed E-state index contributed by atoms with van der Waals surface area (Å²) in [5.41, 5.74) is 2.16. The van der Waals surface area contributed by atoms with E-state index in [9.17, 15) is 9.59 Å². The van der Waals surface area contributed by atoms with Crippen molar-refractivity contribution in [2.75, 3.05) is 19.0 Å². The summed E-state index contributed by atoms with van der Waals surface area (Å²) in [6.07, 6.45) is 5.56. The first-order valence-corrected chi connectivity index (χ1v) is 9.21. The Morgan fingerprint density at radius 1 is 1.27 bits per heavy atom. The minimum atomic E-state index is -0.323. The van der Waals surface area contributed by atoms with Crippen LogP contribution < -0.4 is 20.3 Å². The monoisotopic (exact) mass is 405 g/mol. The Balaban J connectivity index is 1.81. The van der Waals surface area contributed by atoms with Crippen molar-refractivity contribution in [3.8, 4) is 29.7 Å². The Labute approximate surface area is 172 Å². The number of carbonyl (C=O) groups excluding carboxylic acids is 1. The van der Waals surface area contributed by atoms with E-state index < -0.39 is 0 Å². The molecule has 1 aromatic carbocycles. The van der Waals surface area contributed by atoms with E-state index in [0.717, 1.165) is 16.8 Å². The van der Waals surface area contributed by atoms with E-state index in [2.05, 4.69) is 26.5 Å². The number of ether oxygens (including phenoxy) is 2. The van der Waals surface area contributed by atoms with Crippen molar-refractivity contribution in [3.05, 3.63) is 57.5 Å². The number of anilines is 1. The van der Waals surface area contributed by atoms with Crippen LogP contribution in [0.2, 0.25) is 0 Å². The van der Waals surface area contributed by atoms with Crippen LogP contribution in [0.1, 0.15) is 29.2 Å². The molecule has 1 aliphatic rings. The van der Waals surface area contributed by atoms with E-state index in [1.165, 1.54) is 10.7 Å². The first kappa shape index (κ1) is 19.3. The van der Waals surface area contributed by atoms with Gasteiger partial charge in [0.05, 0.1) is 12.8 Å². The smallest absolute Gasteiger partial charge is 0.264 e. The summed E-state index contributed by atoms with van der Waals surface area (Å²) in [5.74, 6) is 4.02. The largest absolute Gasteiger partial charge is 0.493 e. The zero-order valence-electron chi connectivity index (χ0n) is 16.4. The van der Waals surface area contributed by atoms with Crippen molar-refractivity contribution in [1.29, 1.82) is 0 Å². The average molecular weight is 405 g/mol. The van der Waals surface area contributed by atoms with E-state index in [1.807, 2.05) is 19.1 Å². The number of terminal acetylenes is 1. The van der Waals surface area contributed by atoms with Crippen LogP contribution in [0.3, 0.4) is 0 Å². The number of methoxy groups -OCH3 is 1. The fourth-order valence-electron chi connectivity index (χ4n) is 3.59. The maximum absolute atomic E-state index is 12.5. The first-order valence-electron chi connectivity index (χ1n) is 9.21. The molecule has 2 aromatic heterocycles. The molecule has 9 heteroatoms. The molecule has 0 radical (unpaired) electrons. The molecule has 0 saturated heterocycles. The molecule has 0 fully saturated rings. The molecule has 3 heterocycles. The summed E-state index contributed by atoms with van der Waals surface area (Å²) < 4.78 is 12.5. The molecule has 4 rings (SSSR count). The van der Waals surface area contributed by atoms with Crippen molar-refractivity contribution < 1.29 is 14.3 Å². The third kappa shape index (κ3) is 3.39. The van der Waals surface area contributed by atoms with Crippen LogP contribution in [0.5, 0.6) is 11.5 Å². The van der Waals surface area contributed by atoms with E-state index in [0.29, 0.717) is 23.1 Å². The number of benzene rings is 1. The van der Waals surface area contributed by atoms with Crippen molar-refractivity contribution in [1.82, 2.24) is 20.0 Å². The van der Waals surface area contributed by atoms with E-state index >= 15 is 0 Å². The molecule has 1 amide bonds. The molecule has 152 valence electrons. The Morgan fingerprint density at radius 2 is 2.10 bits per heavy atom. The van der Waals surface area contributed by atoms with E-state index in [1.54, 1.807) is 19.2 Å². The summed E-state index contributed by atoms with van der Waals surface area (Å²) >= 11 is 0. The number of nitrogens with zero attached hydrogens (tertiary/aromatic N) is 3. The summed E-state index contributed by atoms with van der Waals surface area (Å²) in [6, 6.07) is 8.41. The zero-order valence-corrected chi connectivity index (χ0v) is 16.4. The van der Waals surface area contributed by atoms with Crippen LogP contribution in [0, 0.1) is 19.3 Å². The molecule has 0 unspecified atom stereocenters. The summed E-state index contributed by atoms with van der Waals surface area (Å²) in [6.45, 7) is 1.97. The molecule has 3 aromatic rings. The lowest BCUT2D eigenvalue weighted by molar-refractivity contribution is -0.116. The number of hydrogen-bond acceptors (Lipinski definition) is 6. The van der Waals surface area contributed by atoms with Gasteiger partial charge in [-0.25, -0.2) is 5.10 Å². The standard InChI is InChI=1S/C21H19N5O4/c1-4-9-30-16-10-13(5-6-15(16)29-3)14-11-19(28)22-21-20(14)12(2)25-26(21)17-7-8-18(27)24-23-17/h1,5-8,10,14H,9,11H2,2-3H3,(H,22,28)(H,24,27)/t14-/m0/s1. The van der Waals surface area contributed by atoms with Gasteiger partial charge in [-0.3, -0.25) is 9.59 Å². The Morgan fingerprint density at radius 3 is 2.80 bits per heavy atom. The second-order valence-electron chi connectivity index (χ2n) is 6.75. The second kappa shape index (κ2) is 7.75. The number of H-pyrrole nitrogens is 1. The topological polar surface area (TPSA) is 111 Å². The maximum atomic E-state index is 12.5. The number of rotatable bonds is 5. The second-order valence-corrected chi connectivity index (χ2v) is 6.75. The van der Waals surface area contributed by atoms with Crippen LogP contribution in [0.15, 0.2) is 35.1 Å². The molecule has 0 aliphatic carbocycles. The van der Waals surface area contributed by atoms with Crippen LogP contribution in [0.25, 0.3) is 5.82 Å². The number of nitrogens with one attached hydrogen (secondary N) is 2. The van der Waals surface area contributed by atoms with Gasteiger partial charge in [-0.1, -0.05) is 12.0 Å². The fraction of sp³-hybridized carbons (Fsp3) is 0.238. The number of amides is 1. The maximum Gasteiger partial charge on any atom is 0.264 e. The van der Waals surface area contributed by atoms with Gasteiger partial charge in [-0.2, -0.15) is 14.9 Å². The normalized spacial score (nSPS) is 15.1. The minimum absolute atomic E-state index is 0.102. The Hall–Kier alpha value is -4.06. The lowest BCUT2D eigenvalue weighted by atomic mass is 9.85. The highest BCUT2D eigenvalue weighted by atomic mass is 16.5. The van der Waals surface area contributed by atoms with Gasteiger partial charge in [-0.15, -0.1) is 6.42 Å². The number of hydrogen-bond donors (Lipinski definition) is 2. The molecule has 1 atom stereocenters. The molecule has 2 N–H and O–H groups in total. The van der Waals surface area contributed by atoms with Crippen molar-refractivity contribution in [2.45, 2.75) is 19.3 Å². The van der Waals surface area contributed by atoms with Crippen LogP contribution in [-0.2, 0) is 4.79 Å². The summed E-state index contributed by atoms with van der Waals surface area (Å²) in [7, 11) is 1.55. The highest BCUT2D eigenvalue weighted by molar-refractivity contribution is 5.95. The third-order valence-electron chi connectivity index (χ3n) is 4.89. The van der Waals surface area contributed by atoms with Gasteiger partial charge in [0, 0.05) is 24.0 Å². The summed E-state index contributed by atoms with van der Waals surface area (Å²) in [4.78, 5) is 23.9. The fourth-order valence-corrected chi connectivity index (χ4v) is 3.59. The molecular formula is C21H19N5O4. The number of aryl methyl sites for hydroxylation is 1. The number of carbonyl (C=O) groups is 1. The average Bonchev–Trinajstić information content (AvgIpc) is 3.08. The quantitative estimate of drug-likeness (QED) is 0.626. The lowest BCUT2D eigenvalue weighted by Gasteiger charge is -2.25. The predicted octanol–water partition coefficient (Wildman–Crippen LogP) is 1.76. The van der Waals surface area contributed by atoms with Crippen LogP contribution in [-0.4, -0.2) is 39.6 Å². The molecule has 30 heavy (non-hydrogen) atoms. The molecule has 0 spiro atoms.